The quantitative estimate of drug-likeness (QED) is 0.442. The van der Waals surface area contributed by atoms with E-state index in [1.165, 1.54) is 13.4 Å². The third-order valence-corrected chi connectivity index (χ3v) is 5.76. The molecule has 0 aliphatic heterocycles. The number of carbonyl (C=O) groups excluding carboxylic acids is 1. The van der Waals surface area contributed by atoms with Crippen LogP contribution in [0.3, 0.4) is 0 Å². The summed E-state index contributed by atoms with van der Waals surface area (Å²) in [5.74, 6) is -0.475. The molecule has 0 spiro atoms. The van der Waals surface area contributed by atoms with Gasteiger partial charge in [-0.2, -0.15) is 0 Å². The molecule has 2 heterocycles. The maximum Gasteiger partial charge on any atom is 0.229 e. The number of aromatic nitrogens is 3. The first-order chi connectivity index (χ1) is 12.5. The summed E-state index contributed by atoms with van der Waals surface area (Å²) in [5, 5.41) is 36.0. The van der Waals surface area contributed by atoms with E-state index in [-0.39, 0.29) is 23.6 Å². The topological polar surface area (TPSA) is 133 Å². The zero-order valence-electron chi connectivity index (χ0n) is 14.1. The number of nitrogens with zero attached hydrogens (tertiary/aromatic N) is 3. The maximum absolute atomic E-state index is 12.3. The lowest BCUT2D eigenvalue weighted by Gasteiger charge is -2.23. The van der Waals surface area contributed by atoms with Gasteiger partial charge >= 0.3 is 0 Å². The molecule has 2 aliphatic carbocycles. The molecule has 4 rings (SSSR count). The number of halogens is 1. The maximum atomic E-state index is 12.3. The average molecular weight is 382 g/mol. The van der Waals surface area contributed by atoms with Gasteiger partial charge in [0, 0.05) is 25.6 Å². The number of imidazole rings is 1. The summed E-state index contributed by atoms with van der Waals surface area (Å²) >= 11 is 6.12. The average Bonchev–Trinajstić information content (AvgIpc) is 3.17. The molecular weight excluding hydrogens is 362 g/mol. The fraction of sp³-hybridized carbons (Fsp3) is 0.562. The Hall–Kier alpha value is -1.94. The number of anilines is 1. The number of aliphatic hydroxyl groups excluding tert-OH is 3. The molecule has 9 nitrogen and oxygen atoms in total. The smallest absolute Gasteiger partial charge is 0.229 e. The first-order valence-electron chi connectivity index (χ1n) is 8.41. The van der Waals surface area contributed by atoms with Crippen LogP contribution in [-0.2, 0) is 4.79 Å². The third-order valence-electron chi connectivity index (χ3n) is 5.57. The summed E-state index contributed by atoms with van der Waals surface area (Å²) < 4.78 is 1.68. The van der Waals surface area contributed by atoms with E-state index < -0.39 is 23.7 Å². The van der Waals surface area contributed by atoms with Crippen LogP contribution in [0.15, 0.2) is 12.4 Å². The van der Waals surface area contributed by atoms with Crippen molar-refractivity contribution < 1.29 is 20.1 Å². The summed E-state index contributed by atoms with van der Waals surface area (Å²) in [5.41, 5.74) is 0.650. The van der Waals surface area contributed by atoms with Gasteiger partial charge in [0.1, 0.15) is 16.8 Å². The predicted octanol–water partition coefficient (Wildman–Crippen LogP) is -0.482. The monoisotopic (exact) mass is 381 g/mol. The van der Waals surface area contributed by atoms with E-state index in [1.54, 1.807) is 10.6 Å². The zero-order valence-corrected chi connectivity index (χ0v) is 14.8. The van der Waals surface area contributed by atoms with Crippen molar-refractivity contribution in [1.82, 2.24) is 19.9 Å². The van der Waals surface area contributed by atoms with Crippen molar-refractivity contribution in [2.45, 2.75) is 24.7 Å². The molecule has 0 saturated heterocycles. The molecule has 2 saturated carbocycles. The van der Waals surface area contributed by atoms with Gasteiger partial charge in [-0.15, -0.1) is 0 Å². The summed E-state index contributed by atoms with van der Waals surface area (Å²) in [6, 6.07) is 1.09. The second-order valence-corrected chi connectivity index (χ2v) is 7.21. The molecule has 0 radical (unpaired) electrons. The lowest BCUT2D eigenvalue weighted by molar-refractivity contribution is -0.132. The Morgan fingerprint density at radius 3 is 2.96 bits per heavy atom. The molecule has 0 unspecified atom stereocenters. The van der Waals surface area contributed by atoms with Crippen LogP contribution in [-0.4, -0.2) is 68.2 Å². The number of pyridine rings is 1. The van der Waals surface area contributed by atoms with Crippen molar-refractivity contribution in [3.63, 3.8) is 0 Å². The van der Waals surface area contributed by atoms with Crippen LogP contribution in [0.25, 0.3) is 11.2 Å². The normalized spacial score (nSPS) is 32.5. The third kappa shape index (κ3) is 2.24. The number of hydrogen-bond donors (Lipinski definition) is 5. The van der Waals surface area contributed by atoms with Crippen LogP contribution in [0.5, 0.6) is 0 Å². The molecule has 2 aromatic heterocycles. The van der Waals surface area contributed by atoms with Gasteiger partial charge in [-0.05, 0) is 6.42 Å². The van der Waals surface area contributed by atoms with Crippen molar-refractivity contribution in [2.24, 2.45) is 11.3 Å². The van der Waals surface area contributed by atoms with Gasteiger partial charge < -0.3 is 30.5 Å². The van der Waals surface area contributed by atoms with Gasteiger partial charge in [-0.1, -0.05) is 11.6 Å². The molecule has 1 amide bonds. The number of aliphatic hydroxyl groups is 3. The highest BCUT2D eigenvalue weighted by Gasteiger charge is 2.75. The second kappa shape index (κ2) is 6.05. The van der Waals surface area contributed by atoms with Crippen LogP contribution in [0, 0.1) is 11.3 Å². The SMILES string of the molecule is CNC(=O)[C@@]12C[C@@H]1[C@@H](n1cnc3c(NCCO)cc(Cl)nc31)[C@H](O)[C@@H]2O. The fourth-order valence-corrected chi connectivity index (χ4v) is 4.50. The lowest BCUT2D eigenvalue weighted by atomic mass is 9.98. The van der Waals surface area contributed by atoms with E-state index in [2.05, 4.69) is 20.6 Å². The second-order valence-electron chi connectivity index (χ2n) is 6.82. The first-order valence-corrected chi connectivity index (χ1v) is 8.79. The summed E-state index contributed by atoms with van der Waals surface area (Å²) in [4.78, 5) is 20.9. The first kappa shape index (κ1) is 17.5. The Morgan fingerprint density at radius 2 is 2.27 bits per heavy atom. The van der Waals surface area contributed by atoms with E-state index in [1.807, 2.05) is 0 Å². The Labute approximate surface area is 154 Å². The Bertz CT molecular complexity index is 874. The van der Waals surface area contributed by atoms with Crippen LogP contribution in [0.1, 0.15) is 12.5 Å². The standard InChI is InChI=1S/C16H20ClN5O4/c1-18-15(26)16-5-7(16)11(12(24)13(16)25)22-6-20-10-8(19-2-3-23)4-9(17)21-14(10)22/h4,6-7,11-13,23-25H,2-3,5H2,1H3,(H,18,26)(H,19,21)/t7-,11-,12+,13+,16+/m1/s1. The predicted molar refractivity (Wildman–Crippen MR) is 93.8 cm³/mol. The van der Waals surface area contributed by atoms with Gasteiger partial charge in [-0.25, -0.2) is 9.97 Å². The molecule has 0 aromatic carbocycles. The number of amides is 1. The van der Waals surface area contributed by atoms with Gasteiger partial charge in [0.2, 0.25) is 5.91 Å². The van der Waals surface area contributed by atoms with Gasteiger partial charge in [0.25, 0.3) is 0 Å². The molecule has 2 fully saturated rings. The molecule has 10 heteroatoms. The minimum absolute atomic E-state index is 0.0492. The number of rotatable bonds is 5. The highest BCUT2D eigenvalue weighted by atomic mass is 35.5. The number of carbonyl (C=O) groups is 1. The van der Waals surface area contributed by atoms with E-state index in [4.69, 9.17) is 16.7 Å². The molecule has 0 bridgehead atoms. The van der Waals surface area contributed by atoms with E-state index in [9.17, 15) is 15.0 Å². The largest absolute Gasteiger partial charge is 0.395 e. The number of hydrogen-bond acceptors (Lipinski definition) is 7. The minimum atomic E-state index is -1.15. The van der Waals surface area contributed by atoms with E-state index in [0.717, 1.165) is 0 Å². The Morgan fingerprint density at radius 1 is 1.50 bits per heavy atom. The molecule has 140 valence electrons. The van der Waals surface area contributed by atoms with Crippen LogP contribution in [0.4, 0.5) is 5.69 Å². The summed E-state index contributed by atoms with van der Waals surface area (Å²) in [7, 11) is 1.52. The van der Waals surface area contributed by atoms with Crippen LogP contribution < -0.4 is 10.6 Å². The molecular formula is C16H20ClN5O4. The van der Waals surface area contributed by atoms with Crippen molar-refractivity contribution in [1.29, 1.82) is 0 Å². The van der Waals surface area contributed by atoms with Gasteiger partial charge in [0.15, 0.2) is 5.65 Å². The van der Waals surface area contributed by atoms with E-state index in [0.29, 0.717) is 29.8 Å². The Balaban J connectivity index is 1.76. The van der Waals surface area contributed by atoms with Crippen molar-refractivity contribution in [3.8, 4) is 0 Å². The lowest BCUT2D eigenvalue weighted by Crippen LogP contribution is -2.41. The highest BCUT2D eigenvalue weighted by molar-refractivity contribution is 6.30. The van der Waals surface area contributed by atoms with Crippen LogP contribution >= 0.6 is 11.6 Å². The van der Waals surface area contributed by atoms with Crippen molar-refractivity contribution >= 4 is 34.4 Å². The molecule has 26 heavy (non-hydrogen) atoms. The number of fused-ring (bicyclic) bond motifs is 2. The highest BCUT2D eigenvalue weighted by Crippen LogP contribution is 2.67. The zero-order chi connectivity index (χ0) is 18.6. The summed E-state index contributed by atoms with van der Waals surface area (Å²) in [6.07, 6.45) is -0.235. The molecule has 2 aromatic rings. The molecule has 5 N–H and O–H groups in total. The minimum Gasteiger partial charge on any atom is -0.395 e. The van der Waals surface area contributed by atoms with Crippen LogP contribution in [0.2, 0.25) is 5.15 Å². The van der Waals surface area contributed by atoms with Gasteiger partial charge in [-0.3, -0.25) is 4.79 Å². The van der Waals surface area contributed by atoms with Gasteiger partial charge in [0.05, 0.1) is 36.2 Å². The van der Waals surface area contributed by atoms with Crippen molar-refractivity contribution in [3.05, 3.63) is 17.5 Å². The summed E-state index contributed by atoms with van der Waals surface area (Å²) in [6.45, 7) is 0.280. The molecule has 5 atom stereocenters. The fourth-order valence-electron chi connectivity index (χ4n) is 4.31. The number of nitrogens with one attached hydrogen (secondary N) is 2. The Kier molecular flexibility index (Phi) is 4.07. The van der Waals surface area contributed by atoms with Crippen molar-refractivity contribution in [2.75, 3.05) is 25.5 Å². The van der Waals surface area contributed by atoms with E-state index >= 15 is 0 Å². The molecule has 2 aliphatic rings.